The first kappa shape index (κ1) is 17.3. The molecule has 0 aromatic carbocycles. The number of rotatable bonds is 7. The number of hydrogen-bond acceptors (Lipinski definition) is 5. The molecule has 3 rings (SSSR count). The third-order valence-corrected chi connectivity index (χ3v) is 6.08. The van der Waals surface area contributed by atoms with Crippen molar-refractivity contribution in [2.24, 2.45) is 17.1 Å². The van der Waals surface area contributed by atoms with E-state index < -0.39 is 17.9 Å². The van der Waals surface area contributed by atoms with E-state index >= 15 is 0 Å². The molecule has 1 amide bonds. The molecule has 2 aliphatic carbocycles. The van der Waals surface area contributed by atoms with Gasteiger partial charge in [-0.3, -0.25) is 9.59 Å². The van der Waals surface area contributed by atoms with Gasteiger partial charge in [-0.25, -0.2) is 0 Å². The van der Waals surface area contributed by atoms with Crippen LogP contribution >= 0.6 is 11.3 Å². The van der Waals surface area contributed by atoms with Gasteiger partial charge >= 0.3 is 6.61 Å². The zero-order valence-electron chi connectivity index (χ0n) is 13.1. The molecule has 24 heavy (non-hydrogen) atoms. The van der Waals surface area contributed by atoms with Crippen molar-refractivity contribution < 1.29 is 23.1 Å². The normalized spacial score (nSPS) is 23.5. The number of hydrogen-bond donors (Lipinski definition) is 2. The quantitative estimate of drug-likeness (QED) is 0.783. The molecule has 8 heteroatoms. The van der Waals surface area contributed by atoms with Crippen LogP contribution in [0.1, 0.15) is 57.7 Å². The number of Topliss-reactive ketones (excluding diaryl/α,β-unsaturated/α-hetero) is 1. The highest BCUT2D eigenvalue weighted by atomic mass is 32.1. The largest absolute Gasteiger partial charge is 0.390 e. The third-order valence-electron chi connectivity index (χ3n) is 5.02. The minimum Gasteiger partial charge on any atom is -0.390 e. The van der Waals surface area contributed by atoms with E-state index in [0.29, 0.717) is 35.6 Å². The maximum Gasteiger partial charge on any atom is 0.345 e. The summed E-state index contributed by atoms with van der Waals surface area (Å²) < 4.78 is 29.0. The second kappa shape index (κ2) is 6.40. The average Bonchev–Trinajstić information content (AvgIpc) is 3.22. The standard InChI is InChI=1S/C16H20F2N2O3S/c17-15(18)23-6-5-16(7-8-1-2-8)4-3-9-10(13(19)22)14(20)24-11(9)12(16)21/h8,15H,1-7,20H2,(H2,19,22). The van der Waals surface area contributed by atoms with Gasteiger partial charge < -0.3 is 16.2 Å². The van der Waals surface area contributed by atoms with E-state index in [2.05, 4.69) is 4.74 Å². The van der Waals surface area contributed by atoms with Crippen LogP contribution in [0.4, 0.5) is 13.8 Å². The second-order valence-corrected chi connectivity index (χ2v) is 7.70. The monoisotopic (exact) mass is 358 g/mol. The van der Waals surface area contributed by atoms with E-state index in [0.717, 1.165) is 24.2 Å². The fraction of sp³-hybridized carbons (Fsp3) is 0.625. The molecule has 0 saturated heterocycles. The molecule has 1 heterocycles. The Morgan fingerprint density at radius 3 is 2.71 bits per heavy atom. The number of carbonyl (C=O) groups is 2. The summed E-state index contributed by atoms with van der Waals surface area (Å²) in [4.78, 5) is 25.2. The van der Waals surface area contributed by atoms with Gasteiger partial charge in [0.25, 0.3) is 5.91 Å². The molecule has 1 atom stereocenters. The molecule has 1 saturated carbocycles. The van der Waals surface area contributed by atoms with Crippen LogP contribution in [0.2, 0.25) is 0 Å². The summed E-state index contributed by atoms with van der Waals surface area (Å²) in [5.41, 5.74) is 11.4. The molecular formula is C16H20F2N2O3S. The van der Waals surface area contributed by atoms with Crippen LogP contribution < -0.4 is 11.5 Å². The number of anilines is 1. The summed E-state index contributed by atoms with van der Waals surface area (Å²) in [7, 11) is 0. The lowest BCUT2D eigenvalue weighted by molar-refractivity contribution is -0.133. The molecule has 132 valence electrons. The van der Waals surface area contributed by atoms with Gasteiger partial charge in [0.1, 0.15) is 0 Å². The number of primary amides is 1. The molecule has 4 N–H and O–H groups in total. The Balaban J connectivity index is 1.89. The van der Waals surface area contributed by atoms with E-state index in [1.807, 2.05) is 0 Å². The Morgan fingerprint density at radius 2 is 2.12 bits per heavy atom. The number of nitrogens with two attached hydrogens (primary N) is 2. The molecule has 1 fully saturated rings. The molecule has 1 aromatic heterocycles. The maximum absolute atomic E-state index is 13.1. The Kier molecular flexibility index (Phi) is 4.61. The van der Waals surface area contributed by atoms with Crippen LogP contribution in [0.5, 0.6) is 0 Å². The Morgan fingerprint density at radius 1 is 1.42 bits per heavy atom. The second-order valence-electron chi connectivity index (χ2n) is 6.65. The number of halogens is 2. The number of amides is 1. The van der Waals surface area contributed by atoms with Crippen molar-refractivity contribution in [1.82, 2.24) is 0 Å². The molecule has 0 radical (unpaired) electrons. The fourth-order valence-corrected chi connectivity index (χ4v) is 4.83. The van der Waals surface area contributed by atoms with Crippen LogP contribution in [-0.4, -0.2) is 24.9 Å². The van der Waals surface area contributed by atoms with Gasteiger partial charge in [0.2, 0.25) is 0 Å². The highest BCUT2D eigenvalue weighted by molar-refractivity contribution is 7.18. The van der Waals surface area contributed by atoms with Crippen molar-refractivity contribution in [3.05, 3.63) is 16.0 Å². The van der Waals surface area contributed by atoms with E-state index in [4.69, 9.17) is 11.5 Å². The smallest absolute Gasteiger partial charge is 0.345 e. The van der Waals surface area contributed by atoms with Gasteiger partial charge in [-0.15, -0.1) is 11.3 Å². The SMILES string of the molecule is NC(=O)c1c(N)sc2c1CCC(CCOC(F)F)(CC1CC1)C2=O. The van der Waals surface area contributed by atoms with Gasteiger partial charge in [0.05, 0.1) is 22.0 Å². The van der Waals surface area contributed by atoms with Crippen molar-refractivity contribution in [3.8, 4) is 0 Å². The molecule has 1 unspecified atom stereocenters. The lowest BCUT2D eigenvalue weighted by Crippen LogP contribution is -2.37. The van der Waals surface area contributed by atoms with Gasteiger partial charge in [-0.1, -0.05) is 12.8 Å². The number of ether oxygens (including phenoxy) is 1. The number of alkyl halides is 2. The average molecular weight is 358 g/mol. The Bertz CT molecular complexity index is 673. The molecule has 0 bridgehead atoms. The molecular weight excluding hydrogens is 338 g/mol. The summed E-state index contributed by atoms with van der Waals surface area (Å²) in [6.07, 6.45) is 4.09. The first-order valence-electron chi connectivity index (χ1n) is 7.99. The molecule has 5 nitrogen and oxygen atoms in total. The highest BCUT2D eigenvalue weighted by Crippen LogP contribution is 2.51. The van der Waals surface area contributed by atoms with E-state index in [1.54, 1.807) is 0 Å². The van der Waals surface area contributed by atoms with Gasteiger partial charge in [-0.05, 0) is 37.2 Å². The van der Waals surface area contributed by atoms with Gasteiger partial charge in [0, 0.05) is 5.41 Å². The Hall–Kier alpha value is -1.54. The first-order chi connectivity index (χ1) is 11.3. The van der Waals surface area contributed by atoms with Crippen LogP contribution in [-0.2, 0) is 11.2 Å². The van der Waals surface area contributed by atoms with Crippen molar-refractivity contribution in [1.29, 1.82) is 0 Å². The summed E-state index contributed by atoms with van der Waals surface area (Å²) in [6.45, 7) is -2.99. The van der Waals surface area contributed by atoms with E-state index in [-0.39, 0.29) is 29.4 Å². The van der Waals surface area contributed by atoms with Crippen LogP contribution in [0.15, 0.2) is 0 Å². The molecule has 1 aromatic rings. The summed E-state index contributed by atoms with van der Waals surface area (Å²) >= 11 is 1.08. The minimum atomic E-state index is -2.84. The summed E-state index contributed by atoms with van der Waals surface area (Å²) in [5.74, 6) is -0.263. The van der Waals surface area contributed by atoms with Crippen LogP contribution in [0, 0.1) is 11.3 Å². The highest BCUT2D eigenvalue weighted by Gasteiger charge is 2.47. The predicted molar refractivity (Wildman–Crippen MR) is 86.2 cm³/mol. The zero-order chi connectivity index (χ0) is 17.5. The van der Waals surface area contributed by atoms with Gasteiger partial charge in [0.15, 0.2) is 5.78 Å². The van der Waals surface area contributed by atoms with Crippen LogP contribution in [0.3, 0.4) is 0 Å². The van der Waals surface area contributed by atoms with Gasteiger partial charge in [-0.2, -0.15) is 8.78 Å². The maximum atomic E-state index is 13.1. The predicted octanol–water partition coefficient (Wildman–Crippen LogP) is 2.97. The minimum absolute atomic E-state index is 0.0993. The van der Waals surface area contributed by atoms with E-state index in [1.165, 1.54) is 0 Å². The van der Waals surface area contributed by atoms with E-state index in [9.17, 15) is 18.4 Å². The van der Waals surface area contributed by atoms with Crippen molar-refractivity contribution >= 4 is 28.0 Å². The molecule has 2 aliphatic rings. The zero-order valence-corrected chi connectivity index (χ0v) is 14.0. The first-order valence-corrected chi connectivity index (χ1v) is 8.81. The third kappa shape index (κ3) is 3.17. The number of carbonyl (C=O) groups excluding carboxylic acids is 2. The number of thiophene rings is 1. The topological polar surface area (TPSA) is 95.4 Å². The number of nitrogen functional groups attached to an aromatic ring is 1. The van der Waals surface area contributed by atoms with Crippen molar-refractivity contribution in [3.63, 3.8) is 0 Å². The van der Waals surface area contributed by atoms with Crippen molar-refractivity contribution in [2.45, 2.75) is 45.1 Å². The fourth-order valence-electron chi connectivity index (χ4n) is 3.65. The number of fused-ring (bicyclic) bond motifs is 1. The Labute approximate surface area is 142 Å². The number of ketones is 1. The molecule has 0 spiro atoms. The van der Waals surface area contributed by atoms with Crippen LogP contribution in [0.25, 0.3) is 0 Å². The van der Waals surface area contributed by atoms with Crippen molar-refractivity contribution in [2.75, 3.05) is 12.3 Å². The lowest BCUT2D eigenvalue weighted by atomic mass is 9.67. The molecule has 0 aliphatic heterocycles. The lowest BCUT2D eigenvalue weighted by Gasteiger charge is -2.36. The summed E-state index contributed by atoms with van der Waals surface area (Å²) in [6, 6.07) is 0. The summed E-state index contributed by atoms with van der Waals surface area (Å²) in [5, 5.41) is 0.256.